The highest BCUT2D eigenvalue weighted by Gasteiger charge is 2.54. The molecular weight excluding hydrogens is 374 g/mol. The van der Waals surface area contributed by atoms with Gasteiger partial charge >= 0.3 is 12.0 Å². The average Bonchev–Trinajstić information content (AvgIpc) is 3.23. The number of carbonyl (C=O) groups is 3. The number of esters is 1. The minimum atomic E-state index is -0.717. The van der Waals surface area contributed by atoms with E-state index in [1.54, 1.807) is 11.9 Å². The van der Waals surface area contributed by atoms with Gasteiger partial charge in [0, 0.05) is 18.9 Å². The summed E-state index contributed by atoms with van der Waals surface area (Å²) < 4.78 is 4.63. The molecule has 152 valence electrons. The summed E-state index contributed by atoms with van der Waals surface area (Å²) in [6.45, 7) is 3.62. The number of aryl methyl sites for hydroxylation is 1. The van der Waals surface area contributed by atoms with Crippen LogP contribution < -0.4 is 4.90 Å². The molecule has 0 radical (unpaired) electrons. The molecule has 9 heteroatoms. The highest BCUT2D eigenvalue weighted by Crippen LogP contribution is 2.37. The minimum absolute atomic E-state index is 0.421. The Hall–Kier alpha value is -3.36. The molecule has 0 saturated carbocycles. The second-order valence-corrected chi connectivity index (χ2v) is 7.18. The number of guanidine groups is 1. The number of amides is 3. The lowest BCUT2D eigenvalue weighted by Crippen LogP contribution is -2.65. The predicted molar refractivity (Wildman–Crippen MR) is 106 cm³/mol. The number of benzene rings is 1. The molecule has 0 spiro atoms. The number of carbonyl (C=O) groups excluding carboxylic acids is 3. The lowest BCUT2D eigenvalue weighted by atomic mass is 10.1. The fourth-order valence-corrected chi connectivity index (χ4v) is 4.02. The summed E-state index contributed by atoms with van der Waals surface area (Å²) in [6.07, 6.45) is 2.07. The Bertz CT molecular complexity index is 956. The molecule has 0 bridgehead atoms. The van der Waals surface area contributed by atoms with Gasteiger partial charge in [-0.15, -0.1) is 0 Å². The Balaban J connectivity index is 1.71. The van der Waals surface area contributed by atoms with Crippen molar-refractivity contribution in [2.45, 2.75) is 32.5 Å². The first-order valence-corrected chi connectivity index (χ1v) is 9.46. The second-order valence-electron chi connectivity index (χ2n) is 7.18. The normalized spacial score (nSPS) is 23.2. The number of allylic oxidation sites excluding steroid dienone is 1. The smallest absolute Gasteiger partial charge is 0.328 e. The van der Waals surface area contributed by atoms with E-state index in [0.717, 1.165) is 28.3 Å². The van der Waals surface area contributed by atoms with Gasteiger partial charge in [0.25, 0.3) is 5.91 Å². The van der Waals surface area contributed by atoms with Gasteiger partial charge in [-0.25, -0.2) is 9.79 Å². The van der Waals surface area contributed by atoms with Gasteiger partial charge in [-0.05, 0) is 25.0 Å². The number of hydrogen-bond donors (Lipinski definition) is 0. The molecule has 1 fully saturated rings. The standard InChI is InChI=1S/C20H23N5O4/c1-5-13-8-6-7-9-14(13)25-12(2)10-23-16-17(21-19(23)25)22(3)20(28)24(18(16)27)11-15(26)29-4/h6-10,16-17H,5,11H2,1-4H3. The van der Waals surface area contributed by atoms with Gasteiger partial charge in [-0.1, -0.05) is 25.1 Å². The zero-order valence-electron chi connectivity index (χ0n) is 16.8. The number of anilines is 1. The zero-order chi connectivity index (χ0) is 20.9. The molecular formula is C20H23N5O4. The molecule has 2 atom stereocenters. The van der Waals surface area contributed by atoms with Gasteiger partial charge in [0.05, 0.1) is 12.8 Å². The van der Waals surface area contributed by atoms with Crippen LogP contribution in [0.25, 0.3) is 0 Å². The van der Waals surface area contributed by atoms with Gasteiger partial charge in [-0.2, -0.15) is 0 Å². The van der Waals surface area contributed by atoms with Gasteiger partial charge < -0.3 is 14.5 Å². The number of likely N-dealkylation sites (N-methyl/N-ethyl adjacent to an activating group) is 1. The molecule has 1 saturated heterocycles. The third-order valence-corrected chi connectivity index (χ3v) is 5.52. The maximum absolute atomic E-state index is 13.1. The van der Waals surface area contributed by atoms with Crippen LogP contribution in [0.5, 0.6) is 0 Å². The molecule has 0 N–H and O–H groups in total. The Morgan fingerprint density at radius 2 is 1.97 bits per heavy atom. The van der Waals surface area contributed by atoms with Gasteiger partial charge in [0.1, 0.15) is 6.54 Å². The fraction of sp³-hybridized carbons (Fsp3) is 0.400. The van der Waals surface area contributed by atoms with E-state index >= 15 is 0 Å². The number of nitrogens with zero attached hydrogens (tertiary/aromatic N) is 5. The summed E-state index contributed by atoms with van der Waals surface area (Å²) in [5.41, 5.74) is 3.08. The van der Waals surface area contributed by atoms with Crippen LogP contribution >= 0.6 is 0 Å². The monoisotopic (exact) mass is 397 g/mol. The first-order valence-electron chi connectivity index (χ1n) is 9.46. The Morgan fingerprint density at radius 3 is 2.66 bits per heavy atom. The topological polar surface area (TPSA) is 85.8 Å². The predicted octanol–water partition coefficient (Wildman–Crippen LogP) is 1.36. The van der Waals surface area contributed by atoms with Crippen LogP contribution in [0.2, 0.25) is 0 Å². The molecule has 0 aromatic heterocycles. The molecule has 1 aromatic carbocycles. The third kappa shape index (κ3) is 2.76. The van der Waals surface area contributed by atoms with Crippen molar-refractivity contribution in [3.63, 3.8) is 0 Å². The number of imide groups is 1. The van der Waals surface area contributed by atoms with Gasteiger partial charge in [-0.3, -0.25) is 19.4 Å². The van der Waals surface area contributed by atoms with Crippen LogP contribution in [0.4, 0.5) is 10.5 Å². The molecule has 3 amide bonds. The van der Waals surface area contributed by atoms with E-state index in [0.29, 0.717) is 5.96 Å². The van der Waals surface area contributed by atoms with Crippen LogP contribution in [-0.2, 0) is 20.7 Å². The average molecular weight is 397 g/mol. The van der Waals surface area contributed by atoms with Crippen LogP contribution in [-0.4, -0.2) is 71.5 Å². The SMILES string of the molecule is CCc1ccccc1N1C(C)=CN2C1=NC1C2C(=O)N(CC(=O)OC)C(=O)N1C. The van der Waals surface area contributed by atoms with E-state index in [-0.39, 0.29) is 0 Å². The number of para-hydroxylation sites is 1. The number of rotatable bonds is 4. The molecule has 3 heterocycles. The van der Waals surface area contributed by atoms with Crippen LogP contribution in [0.1, 0.15) is 19.4 Å². The lowest BCUT2D eigenvalue weighted by molar-refractivity contribution is -0.148. The lowest BCUT2D eigenvalue weighted by Gasteiger charge is -2.39. The third-order valence-electron chi connectivity index (χ3n) is 5.52. The second kappa shape index (κ2) is 6.91. The number of aliphatic imine (C=N–C) groups is 1. The van der Waals surface area contributed by atoms with Crippen molar-refractivity contribution in [1.29, 1.82) is 0 Å². The van der Waals surface area contributed by atoms with Crippen molar-refractivity contribution in [3.05, 3.63) is 41.7 Å². The minimum Gasteiger partial charge on any atom is -0.468 e. The van der Waals surface area contributed by atoms with E-state index in [2.05, 4.69) is 17.7 Å². The summed E-state index contributed by atoms with van der Waals surface area (Å²) >= 11 is 0. The number of hydrogen-bond acceptors (Lipinski definition) is 7. The molecule has 9 nitrogen and oxygen atoms in total. The number of urea groups is 1. The molecule has 1 aromatic rings. The summed E-state index contributed by atoms with van der Waals surface area (Å²) in [5, 5.41) is 0. The van der Waals surface area contributed by atoms with Gasteiger partial charge in [0.15, 0.2) is 12.2 Å². The van der Waals surface area contributed by atoms with Crippen LogP contribution in [0.3, 0.4) is 0 Å². The summed E-state index contributed by atoms with van der Waals surface area (Å²) in [4.78, 5) is 48.4. The molecule has 3 aliphatic rings. The fourth-order valence-electron chi connectivity index (χ4n) is 4.02. The highest BCUT2D eigenvalue weighted by molar-refractivity contribution is 6.10. The number of fused-ring (bicyclic) bond motifs is 3. The van der Waals surface area contributed by atoms with E-state index in [1.165, 1.54) is 12.0 Å². The maximum atomic E-state index is 13.1. The summed E-state index contributed by atoms with van der Waals surface area (Å²) in [6, 6.07) is 6.76. The van der Waals surface area contributed by atoms with Crippen molar-refractivity contribution in [2.75, 3.05) is 25.6 Å². The number of methoxy groups -OCH3 is 1. The summed E-state index contributed by atoms with van der Waals surface area (Å²) in [5.74, 6) is -0.507. The van der Waals surface area contributed by atoms with Crippen molar-refractivity contribution >= 4 is 29.6 Å². The Kier molecular flexibility index (Phi) is 4.52. The van der Waals surface area contributed by atoms with Crippen LogP contribution in [0, 0.1) is 0 Å². The molecule has 2 unspecified atom stereocenters. The highest BCUT2D eigenvalue weighted by atomic mass is 16.5. The quantitative estimate of drug-likeness (QED) is 0.714. The van der Waals surface area contributed by atoms with Crippen molar-refractivity contribution < 1.29 is 19.1 Å². The number of ether oxygens (including phenoxy) is 1. The first kappa shape index (κ1) is 19.0. The van der Waals surface area contributed by atoms with Crippen molar-refractivity contribution in [1.82, 2.24) is 14.7 Å². The molecule has 3 aliphatic heterocycles. The van der Waals surface area contributed by atoms with Crippen molar-refractivity contribution in [3.8, 4) is 0 Å². The maximum Gasteiger partial charge on any atom is 0.328 e. The first-order chi connectivity index (χ1) is 13.9. The Labute approximate surface area is 168 Å². The zero-order valence-corrected chi connectivity index (χ0v) is 16.8. The Morgan fingerprint density at radius 1 is 1.24 bits per heavy atom. The van der Waals surface area contributed by atoms with E-state index in [1.807, 2.05) is 36.2 Å². The van der Waals surface area contributed by atoms with Crippen molar-refractivity contribution in [2.24, 2.45) is 4.99 Å². The van der Waals surface area contributed by atoms with Gasteiger partial charge in [0.2, 0.25) is 5.96 Å². The summed E-state index contributed by atoms with van der Waals surface area (Å²) in [7, 11) is 2.81. The molecule has 4 rings (SSSR count). The van der Waals surface area contributed by atoms with Crippen LogP contribution in [0.15, 0.2) is 41.2 Å². The molecule has 0 aliphatic carbocycles. The van der Waals surface area contributed by atoms with E-state index in [9.17, 15) is 14.4 Å². The molecule has 29 heavy (non-hydrogen) atoms. The largest absolute Gasteiger partial charge is 0.468 e. The van der Waals surface area contributed by atoms with E-state index < -0.39 is 36.7 Å². The van der Waals surface area contributed by atoms with E-state index in [4.69, 9.17) is 4.99 Å².